The van der Waals surface area contributed by atoms with E-state index in [2.05, 4.69) is 16.3 Å². The molecule has 1 atom stereocenters. The van der Waals surface area contributed by atoms with Crippen molar-refractivity contribution in [2.75, 3.05) is 31.6 Å². The zero-order valence-electron chi connectivity index (χ0n) is 15.0. The highest BCUT2D eigenvalue weighted by molar-refractivity contribution is 7.16. The summed E-state index contributed by atoms with van der Waals surface area (Å²) < 4.78 is 11.4. The minimum Gasteiger partial charge on any atom is -0.349 e. The van der Waals surface area contributed by atoms with Gasteiger partial charge in [0, 0.05) is 17.8 Å². The predicted molar refractivity (Wildman–Crippen MR) is 99.2 cm³/mol. The molecule has 3 aliphatic rings. The highest BCUT2D eigenvalue weighted by Crippen LogP contribution is 2.38. The van der Waals surface area contributed by atoms with Crippen molar-refractivity contribution in [2.24, 2.45) is 0 Å². The van der Waals surface area contributed by atoms with Gasteiger partial charge in [-0.15, -0.1) is 11.3 Å². The number of nitrogens with zero attached hydrogens (tertiary/aromatic N) is 2. The Balaban J connectivity index is 1.34. The summed E-state index contributed by atoms with van der Waals surface area (Å²) in [4.78, 5) is 16.1. The number of rotatable bonds is 5. The second kappa shape index (κ2) is 8.05. The number of fused-ring (bicyclic) bond motifs is 1. The molecule has 3 heterocycles. The van der Waals surface area contributed by atoms with Crippen LogP contribution in [0.2, 0.25) is 0 Å². The van der Waals surface area contributed by atoms with Crippen molar-refractivity contribution in [3.8, 4) is 6.07 Å². The zero-order chi connectivity index (χ0) is 17.9. The van der Waals surface area contributed by atoms with Gasteiger partial charge in [-0.05, 0) is 44.2 Å². The summed E-state index contributed by atoms with van der Waals surface area (Å²) in [5, 5.41) is 13.2. The lowest BCUT2D eigenvalue weighted by Crippen LogP contribution is -2.48. The molecule has 1 N–H and O–H groups in total. The molecule has 4 rings (SSSR count). The van der Waals surface area contributed by atoms with Crippen LogP contribution >= 0.6 is 11.3 Å². The number of anilines is 1. The van der Waals surface area contributed by atoms with Crippen LogP contribution < -0.4 is 5.32 Å². The van der Waals surface area contributed by atoms with Crippen LogP contribution in [-0.4, -0.2) is 49.4 Å². The van der Waals surface area contributed by atoms with Crippen LogP contribution in [0.15, 0.2) is 0 Å². The van der Waals surface area contributed by atoms with Gasteiger partial charge in [0.2, 0.25) is 5.91 Å². The van der Waals surface area contributed by atoms with Gasteiger partial charge in [0.05, 0.1) is 24.8 Å². The lowest BCUT2D eigenvalue weighted by Gasteiger charge is -2.37. The lowest BCUT2D eigenvalue weighted by atomic mass is 10.0. The van der Waals surface area contributed by atoms with Crippen molar-refractivity contribution in [1.82, 2.24) is 4.90 Å². The Labute approximate surface area is 158 Å². The van der Waals surface area contributed by atoms with E-state index in [4.69, 9.17) is 9.47 Å². The van der Waals surface area contributed by atoms with Gasteiger partial charge in [-0.1, -0.05) is 6.42 Å². The molecular weight excluding hydrogens is 350 g/mol. The zero-order valence-corrected chi connectivity index (χ0v) is 15.8. The van der Waals surface area contributed by atoms with Crippen LogP contribution in [-0.2, 0) is 27.1 Å². The molecule has 1 amide bonds. The number of carbonyl (C=O) groups excluding carboxylic acids is 1. The number of amides is 1. The van der Waals surface area contributed by atoms with Crippen molar-refractivity contribution >= 4 is 22.2 Å². The molecule has 1 aromatic heterocycles. The number of piperidine rings is 1. The standard InChI is InChI=1S/C19H25N3O3S/c20-12-14-13-4-3-6-16(13)26-18(14)21-17(23)7-9-22-8-2-1-5-15(22)19-24-10-11-25-19/h15,19H,1-11H2,(H,21,23). The third-order valence-corrected chi connectivity index (χ3v) is 6.75. The molecule has 2 saturated heterocycles. The molecule has 0 bridgehead atoms. The first-order valence-electron chi connectivity index (χ1n) is 9.58. The number of aryl methyl sites for hydroxylation is 1. The van der Waals surface area contributed by atoms with Gasteiger partial charge in [0.25, 0.3) is 0 Å². The predicted octanol–water partition coefficient (Wildman–Crippen LogP) is 2.66. The first kappa shape index (κ1) is 17.9. The highest BCUT2D eigenvalue weighted by Gasteiger charge is 2.33. The smallest absolute Gasteiger partial charge is 0.226 e. The number of nitriles is 1. The van der Waals surface area contributed by atoms with E-state index < -0.39 is 0 Å². The van der Waals surface area contributed by atoms with Crippen LogP contribution in [0.4, 0.5) is 5.00 Å². The molecule has 0 radical (unpaired) electrons. The molecule has 1 aliphatic carbocycles. The summed E-state index contributed by atoms with van der Waals surface area (Å²) in [7, 11) is 0. The Morgan fingerprint density at radius 3 is 2.92 bits per heavy atom. The average Bonchev–Trinajstić information content (AvgIpc) is 3.37. The fourth-order valence-electron chi connectivity index (χ4n) is 4.25. The van der Waals surface area contributed by atoms with Gasteiger partial charge in [-0.3, -0.25) is 9.69 Å². The normalized spacial score (nSPS) is 23.7. The second-order valence-electron chi connectivity index (χ2n) is 7.18. The Morgan fingerprint density at radius 1 is 1.27 bits per heavy atom. The largest absolute Gasteiger partial charge is 0.349 e. The highest BCUT2D eigenvalue weighted by atomic mass is 32.1. The van der Waals surface area contributed by atoms with Gasteiger partial charge in [0.15, 0.2) is 6.29 Å². The Hall–Kier alpha value is -1.46. The Bertz CT molecular complexity index is 706. The number of ether oxygens (including phenoxy) is 2. The van der Waals surface area contributed by atoms with Gasteiger partial charge < -0.3 is 14.8 Å². The molecule has 7 heteroatoms. The summed E-state index contributed by atoms with van der Waals surface area (Å²) >= 11 is 1.58. The second-order valence-corrected chi connectivity index (χ2v) is 8.29. The van der Waals surface area contributed by atoms with E-state index in [1.54, 1.807) is 11.3 Å². The third kappa shape index (κ3) is 3.65. The maximum atomic E-state index is 12.5. The molecule has 2 aliphatic heterocycles. The van der Waals surface area contributed by atoms with Crippen LogP contribution in [0.3, 0.4) is 0 Å². The van der Waals surface area contributed by atoms with E-state index in [-0.39, 0.29) is 18.2 Å². The number of nitrogens with one attached hydrogen (secondary N) is 1. The SMILES string of the molecule is N#Cc1c(NC(=O)CCN2CCCCC2C2OCCO2)sc2c1CCC2. The van der Waals surface area contributed by atoms with E-state index in [9.17, 15) is 10.1 Å². The number of hydrogen-bond donors (Lipinski definition) is 1. The van der Waals surface area contributed by atoms with Crippen molar-refractivity contribution in [2.45, 2.75) is 57.3 Å². The van der Waals surface area contributed by atoms with Gasteiger partial charge >= 0.3 is 0 Å². The van der Waals surface area contributed by atoms with E-state index in [0.29, 0.717) is 31.7 Å². The van der Waals surface area contributed by atoms with E-state index in [1.165, 1.54) is 11.3 Å². The molecule has 140 valence electrons. The van der Waals surface area contributed by atoms with Crippen LogP contribution in [0.1, 0.15) is 48.1 Å². The first-order chi connectivity index (χ1) is 12.8. The summed E-state index contributed by atoms with van der Waals surface area (Å²) in [5.74, 6) is -0.0148. The van der Waals surface area contributed by atoms with Gasteiger partial charge in [-0.25, -0.2) is 0 Å². The molecule has 1 unspecified atom stereocenters. The third-order valence-electron chi connectivity index (χ3n) is 5.54. The average molecular weight is 375 g/mol. The fraction of sp³-hybridized carbons (Fsp3) is 0.684. The van der Waals surface area contributed by atoms with Crippen molar-refractivity contribution < 1.29 is 14.3 Å². The van der Waals surface area contributed by atoms with E-state index in [0.717, 1.165) is 49.2 Å². The van der Waals surface area contributed by atoms with Gasteiger partial charge in [0.1, 0.15) is 11.1 Å². The summed E-state index contributed by atoms with van der Waals surface area (Å²) in [6.07, 6.45) is 6.78. The van der Waals surface area contributed by atoms with Crippen molar-refractivity contribution in [3.63, 3.8) is 0 Å². The maximum absolute atomic E-state index is 12.5. The Kier molecular flexibility index (Phi) is 5.55. The quantitative estimate of drug-likeness (QED) is 0.856. The monoisotopic (exact) mass is 375 g/mol. The molecule has 1 aromatic rings. The topological polar surface area (TPSA) is 74.6 Å². The molecule has 26 heavy (non-hydrogen) atoms. The number of carbonyl (C=O) groups is 1. The van der Waals surface area contributed by atoms with Crippen LogP contribution in [0, 0.1) is 11.3 Å². The molecule has 6 nitrogen and oxygen atoms in total. The lowest BCUT2D eigenvalue weighted by molar-refractivity contribution is -0.120. The minimum absolute atomic E-state index is 0.0148. The summed E-state index contributed by atoms with van der Waals surface area (Å²) in [6.45, 7) is 3.01. The molecule has 2 fully saturated rings. The number of thiophene rings is 1. The van der Waals surface area contributed by atoms with Crippen molar-refractivity contribution in [3.05, 3.63) is 16.0 Å². The van der Waals surface area contributed by atoms with Gasteiger partial charge in [-0.2, -0.15) is 5.26 Å². The van der Waals surface area contributed by atoms with Crippen molar-refractivity contribution in [1.29, 1.82) is 5.26 Å². The van der Waals surface area contributed by atoms with Crippen LogP contribution in [0.25, 0.3) is 0 Å². The van der Waals surface area contributed by atoms with Crippen LogP contribution in [0.5, 0.6) is 0 Å². The number of hydrogen-bond acceptors (Lipinski definition) is 6. The number of likely N-dealkylation sites (tertiary alicyclic amines) is 1. The minimum atomic E-state index is -0.149. The first-order valence-corrected chi connectivity index (χ1v) is 10.4. The Morgan fingerprint density at radius 2 is 2.12 bits per heavy atom. The maximum Gasteiger partial charge on any atom is 0.226 e. The summed E-state index contributed by atoms with van der Waals surface area (Å²) in [6, 6.07) is 2.53. The van der Waals surface area contributed by atoms with E-state index in [1.807, 2.05) is 0 Å². The molecule has 0 saturated carbocycles. The molecule has 0 aromatic carbocycles. The fourth-order valence-corrected chi connectivity index (χ4v) is 5.50. The summed E-state index contributed by atoms with van der Waals surface area (Å²) in [5.41, 5.74) is 1.83. The molecular formula is C19H25N3O3S. The molecule has 0 spiro atoms. The van der Waals surface area contributed by atoms with E-state index >= 15 is 0 Å².